The van der Waals surface area contributed by atoms with Crippen molar-refractivity contribution in [2.24, 2.45) is 5.41 Å². The standard InChI is InChI=1S/C40H43NSSi/c1-28-33-22-24-41-36(30-26-29-16-14-15-21-34(29)35(27-30)40(5,6)7)37(33)42-38(28)43(25-23-39(2,3)4,31-17-10-8-11-18-31)32-19-12-9-13-20-32/h8-22,24,26-27H,23,25H2,1-7H3. The van der Waals surface area contributed by atoms with Gasteiger partial charge in [0.1, 0.15) is 0 Å². The second-order valence-electron chi connectivity index (χ2n) is 14.3. The Morgan fingerprint density at radius 3 is 1.91 bits per heavy atom. The van der Waals surface area contributed by atoms with E-state index in [2.05, 4.69) is 152 Å². The third-order valence-electron chi connectivity index (χ3n) is 8.97. The number of aryl methyl sites for hydroxylation is 1. The van der Waals surface area contributed by atoms with Crippen molar-refractivity contribution in [2.75, 3.05) is 0 Å². The fourth-order valence-electron chi connectivity index (χ4n) is 6.67. The molecule has 0 bridgehead atoms. The third-order valence-corrected chi connectivity index (χ3v) is 16.2. The number of benzene rings is 4. The summed E-state index contributed by atoms with van der Waals surface area (Å²) in [5, 5.41) is 6.94. The molecular formula is C40H43NSSi. The van der Waals surface area contributed by atoms with Crippen LogP contribution in [-0.4, -0.2) is 13.1 Å². The Morgan fingerprint density at radius 1 is 0.698 bits per heavy atom. The molecule has 3 heteroatoms. The second-order valence-corrected chi connectivity index (χ2v) is 19.6. The highest BCUT2D eigenvalue weighted by molar-refractivity contribution is 7.37. The molecule has 0 aliphatic carbocycles. The fraction of sp³-hybridized carbons (Fsp3) is 0.275. The van der Waals surface area contributed by atoms with Gasteiger partial charge in [-0.05, 0) is 86.1 Å². The van der Waals surface area contributed by atoms with Gasteiger partial charge in [0.15, 0.2) is 8.07 Å². The quantitative estimate of drug-likeness (QED) is 0.174. The molecule has 0 spiro atoms. The van der Waals surface area contributed by atoms with Gasteiger partial charge in [-0.3, -0.25) is 4.98 Å². The van der Waals surface area contributed by atoms with E-state index in [1.807, 2.05) is 17.5 Å². The van der Waals surface area contributed by atoms with Crippen LogP contribution in [0.4, 0.5) is 0 Å². The minimum Gasteiger partial charge on any atom is -0.255 e. The summed E-state index contributed by atoms with van der Waals surface area (Å²) in [6, 6.07) is 39.8. The van der Waals surface area contributed by atoms with Crippen LogP contribution in [-0.2, 0) is 5.41 Å². The molecule has 0 aliphatic rings. The lowest BCUT2D eigenvalue weighted by Crippen LogP contribution is -2.67. The van der Waals surface area contributed by atoms with Gasteiger partial charge in [0.05, 0.1) is 10.4 Å². The van der Waals surface area contributed by atoms with Gasteiger partial charge in [0, 0.05) is 16.3 Å². The first kappa shape index (κ1) is 29.5. The molecule has 0 unspecified atom stereocenters. The summed E-state index contributed by atoms with van der Waals surface area (Å²) >= 11 is 2.01. The Balaban J connectivity index is 1.66. The highest BCUT2D eigenvalue weighted by atomic mass is 32.1. The maximum atomic E-state index is 5.10. The molecule has 218 valence electrons. The van der Waals surface area contributed by atoms with E-state index in [1.165, 1.54) is 60.4 Å². The predicted molar refractivity (Wildman–Crippen MR) is 192 cm³/mol. The van der Waals surface area contributed by atoms with Gasteiger partial charge < -0.3 is 0 Å². The zero-order valence-electron chi connectivity index (χ0n) is 26.7. The minimum atomic E-state index is -2.38. The van der Waals surface area contributed by atoms with E-state index >= 15 is 0 Å². The fourth-order valence-corrected chi connectivity index (χ4v) is 14.8. The molecule has 4 aromatic carbocycles. The lowest BCUT2D eigenvalue weighted by atomic mass is 9.82. The Morgan fingerprint density at radius 2 is 1.30 bits per heavy atom. The summed E-state index contributed by atoms with van der Waals surface area (Å²) in [6.45, 7) is 16.5. The van der Waals surface area contributed by atoms with Crippen molar-refractivity contribution >= 4 is 55.1 Å². The molecule has 2 aromatic heterocycles. The van der Waals surface area contributed by atoms with E-state index in [-0.39, 0.29) is 10.8 Å². The number of pyridine rings is 1. The second kappa shape index (κ2) is 11.2. The van der Waals surface area contributed by atoms with Gasteiger partial charge >= 0.3 is 0 Å². The van der Waals surface area contributed by atoms with Crippen LogP contribution >= 0.6 is 11.3 Å². The zero-order chi connectivity index (χ0) is 30.4. The number of thiophene rings is 1. The predicted octanol–water partition coefficient (Wildman–Crippen LogP) is 9.63. The molecule has 0 atom stereocenters. The van der Waals surface area contributed by atoms with Gasteiger partial charge in [0.2, 0.25) is 0 Å². The molecule has 0 saturated heterocycles. The molecular weight excluding hydrogens is 555 g/mol. The van der Waals surface area contributed by atoms with Gasteiger partial charge in [-0.1, -0.05) is 126 Å². The van der Waals surface area contributed by atoms with Crippen LogP contribution in [0.2, 0.25) is 6.04 Å². The number of aromatic nitrogens is 1. The van der Waals surface area contributed by atoms with Crippen LogP contribution in [0.1, 0.15) is 59.1 Å². The Kier molecular flexibility index (Phi) is 7.69. The minimum absolute atomic E-state index is 0.0235. The van der Waals surface area contributed by atoms with Gasteiger partial charge in [-0.15, -0.1) is 11.3 Å². The summed E-state index contributed by atoms with van der Waals surface area (Å²) in [5.74, 6) is 0. The lowest BCUT2D eigenvalue weighted by molar-refractivity contribution is 0.396. The van der Waals surface area contributed by atoms with E-state index in [0.717, 1.165) is 5.69 Å². The summed E-state index contributed by atoms with van der Waals surface area (Å²) in [4.78, 5) is 5.10. The van der Waals surface area contributed by atoms with Crippen molar-refractivity contribution < 1.29 is 0 Å². The average molecular weight is 598 g/mol. The van der Waals surface area contributed by atoms with Crippen molar-refractivity contribution in [3.63, 3.8) is 0 Å². The van der Waals surface area contributed by atoms with Crippen LogP contribution in [0.5, 0.6) is 0 Å². The van der Waals surface area contributed by atoms with E-state index in [0.29, 0.717) is 0 Å². The lowest BCUT2D eigenvalue weighted by Gasteiger charge is -2.35. The van der Waals surface area contributed by atoms with Crippen molar-refractivity contribution in [2.45, 2.75) is 66.3 Å². The number of hydrogen-bond donors (Lipinski definition) is 0. The maximum Gasteiger partial charge on any atom is 0.160 e. The SMILES string of the molecule is Cc1c([Si](CCC(C)(C)C)(c2ccccc2)c2ccccc2)sc2c(-c3cc(C(C)(C)C)c4ccccc4c3)nccc12. The Bertz CT molecular complexity index is 1850. The molecule has 6 rings (SSSR count). The largest absolute Gasteiger partial charge is 0.255 e. The number of nitrogens with zero attached hydrogens (tertiary/aromatic N) is 1. The van der Waals surface area contributed by atoms with Crippen LogP contribution in [0.15, 0.2) is 109 Å². The molecule has 0 fully saturated rings. The van der Waals surface area contributed by atoms with E-state index in [4.69, 9.17) is 4.98 Å². The first-order valence-corrected chi connectivity index (χ1v) is 18.5. The van der Waals surface area contributed by atoms with Crippen molar-refractivity contribution in [1.82, 2.24) is 4.98 Å². The smallest absolute Gasteiger partial charge is 0.160 e. The van der Waals surface area contributed by atoms with Gasteiger partial charge in [-0.25, -0.2) is 0 Å². The number of rotatable bonds is 6. The van der Waals surface area contributed by atoms with Crippen LogP contribution in [0, 0.1) is 12.3 Å². The monoisotopic (exact) mass is 597 g/mol. The van der Waals surface area contributed by atoms with Gasteiger partial charge in [0.25, 0.3) is 0 Å². The number of fused-ring (bicyclic) bond motifs is 2. The molecule has 0 aliphatic heterocycles. The first-order valence-electron chi connectivity index (χ1n) is 15.5. The van der Waals surface area contributed by atoms with E-state index < -0.39 is 8.07 Å². The topological polar surface area (TPSA) is 12.9 Å². The van der Waals surface area contributed by atoms with E-state index in [1.54, 1.807) is 4.50 Å². The Hall–Kier alpha value is -3.53. The molecule has 6 aromatic rings. The molecule has 0 amide bonds. The molecule has 43 heavy (non-hydrogen) atoms. The molecule has 0 N–H and O–H groups in total. The molecule has 0 radical (unpaired) electrons. The molecule has 1 nitrogen and oxygen atoms in total. The van der Waals surface area contributed by atoms with Crippen LogP contribution in [0.25, 0.3) is 32.1 Å². The highest BCUT2D eigenvalue weighted by Gasteiger charge is 2.43. The zero-order valence-corrected chi connectivity index (χ0v) is 28.5. The Labute approximate surface area is 262 Å². The summed E-state index contributed by atoms with van der Waals surface area (Å²) in [7, 11) is -2.38. The summed E-state index contributed by atoms with van der Waals surface area (Å²) < 4.78 is 2.87. The maximum absolute atomic E-state index is 5.10. The van der Waals surface area contributed by atoms with Crippen molar-refractivity contribution in [3.8, 4) is 11.3 Å². The van der Waals surface area contributed by atoms with Crippen molar-refractivity contribution in [1.29, 1.82) is 0 Å². The van der Waals surface area contributed by atoms with Crippen LogP contribution < -0.4 is 14.9 Å². The summed E-state index contributed by atoms with van der Waals surface area (Å²) in [6.07, 6.45) is 3.19. The van der Waals surface area contributed by atoms with Gasteiger partial charge in [-0.2, -0.15) is 0 Å². The summed E-state index contributed by atoms with van der Waals surface area (Å²) in [5.41, 5.74) is 5.38. The average Bonchev–Trinajstić information content (AvgIpc) is 3.33. The number of hydrogen-bond acceptors (Lipinski definition) is 2. The normalized spacial score (nSPS) is 12.7. The van der Waals surface area contributed by atoms with Crippen LogP contribution in [0.3, 0.4) is 0 Å². The first-order chi connectivity index (χ1) is 20.5. The van der Waals surface area contributed by atoms with Crippen molar-refractivity contribution in [3.05, 3.63) is 120 Å². The van der Waals surface area contributed by atoms with E-state index in [9.17, 15) is 0 Å². The molecule has 0 saturated carbocycles. The molecule has 2 heterocycles. The third kappa shape index (κ3) is 5.50. The highest BCUT2D eigenvalue weighted by Crippen LogP contribution is 2.39.